The normalized spacial score (nSPS) is 34.8. The molecule has 1 aromatic heterocycles. The molecule has 5 rings (SSSR count). The molecule has 1 N–H and O–H groups in total. The second kappa shape index (κ2) is 6.11. The number of benzene rings is 1. The lowest BCUT2D eigenvalue weighted by Crippen LogP contribution is -2.58. The molecular formula is C21H28N2O2. The first-order valence-corrected chi connectivity index (χ1v) is 9.83. The van der Waals surface area contributed by atoms with Gasteiger partial charge in [-0.2, -0.15) is 0 Å². The van der Waals surface area contributed by atoms with Gasteiger partial charge in [0, 0.05) is 54.9 Å². The molecule has 0 radical (unpaired) electrons. The van der Waals surface area contributed by atoms with Crippen molar-refractivity contribution in [1.29, 1.82) is 0 Å². The van der Waals surface area contributed by atoms with Crippen molar-refractivity contribution in [1.82, 2.24) is 9.88 Å². The van der Waals surface area contributed by atoms with E-state index >= 15 is 0 Å². The van der Waals surface area contributed by atoms with Crippen LogP contribution in [0.1, 0.15) is 31.0 Å². The van der Waals surface area contributed by atoms with Crippen molar-refractivity contribution in [2.45, 2.75) is 44.8 Å². The molecule has 2 saturated heterocycles. The van der Waals surface area contributed by atoms with Crippen molar-refractivity contribution in [3.63, 3.8) is 0 Å². The van der Waals surface area contributed by atoms with Gasteiger partial charge < -0.3 is 14.5 Å². The number of aryl methyl sites for hydroxylation is 1. The summed E-state index contributed by atoms with van der Waals surface area (Å²) in [4.78, 5) is 6.36. The first-order valence-electron chi connectivity index (χ1n) is 9.83. The fraction of sp³-hybridized carbons (Fsp3) is 0.619. The quantitative estimate of drug-likeness (QED) is 0.912. The zero-order valence-corrected chi connectivity index (χ0v) is 15.1. The molecule has 2 fully saturated rings. The number of aromatic amines is 1. The Bertz CT molecular complexity index is 770. The van der Waals surface area contributed by atoms with Crippen LogP contribution in [0, 0.1) is 5.41 Å². The Hall–Kier alpha value is -1.36. The molecule has 2 bridgehead atoms. The third-order valence-electron chi connectivity index (χ3n) is 6.65. The number of nitrogens with one attached hydrogen (secondary N) is 1. The highest BCUT2D eigenvalue weighted by atomic mass is 16.5. The molecule has 4 nitrogen and oxygen atoms in total. The van der Waals surface area contributed by atoms with Gasteiger partial charge in [0.05, 0.1) is 12.2 Å². The van der Waals surface area contributed by atoms with Gasteiger partial charge in [-0.25, -0.2) is 0 Å². The van der Waals surface area contributed by atoms with Gasteiger partial charge in [-0.1, -0.05) is 18.2 Å². The summed E-state index contributed by atoms with van der Waals surface area (Å²) in [6.07, 6.45) is 5.12. The van der Waals surface area contributed by atoms with Crippen LogP contribution in [0.25, 0.3) is 10.9 Å². The molecule has 3 aliphatic heterocycles. The number of hydrogen-bond acceptors (Lipinski definition) is 3. The van der Waals surface area contributed by atoms with Crippen molar-refractivity contribution in [2.24, 2.45) is 5.41 Å². The molecule has 0 saturated carbocycles. The zero-order chi connectivity index (χ0) is 16.9. The maximum atomic E-state index is 6.22. The lowest BCUT2D eigenvalue weighted by molar-refractivity contribution is -0.129. The number of fused-ring (bicyclic) bond motifs is 4. The molecule has 4 heteroatoms. The number of H-pyrrole nitrogens is 1. The summed E-state index contributed by atoms with van der Waals surface area (Å²) in [5.74, 6) is 0. The van der Waals surface area contributed by atoms with Gasteiger partial charge in [-0.3, -0.25) is 4.90 Å². The standard InChI is InChI=1S/C21H28N2O2/c1-2-24-19-13-23-11-8-16-15-5-3-4-6-17(15)22-18(16)7-9-21(14-23)10-12-25-20(19)21/h3-6,19-20,22H,2,7-14H2,1H3/t19-,20+,21-/m0/s1. The number of nitrogens with zero attached hydrogens (tertiary/aromatic N) is 1. The topological polar surface area (TPSA) is 37.5 Å². The minimum Gasteiger partial charge on any atom is -0.375 e. The van der Waals surface area contributed by atoms with Gasteiger partial charge in [-0.15, -0.1) is 0 Å². The van der Waals surface area contributed by atoms with E-state index in [1.165, 1.54) is 41.5 Å². The molecule has 4 atom stereocenters. The van der Waals surface area contributed by atoms with E-state index in [2.05, 4.69) is 41.1 Å². The van der Waals surface area contributed by atoms with Gasteiger partial charge in [0.15, 0.2) is 0 Å². The number of ether oxygens (including phenoxy) is 2. The fourth-order valence-corrected chi connectivity index (χ4v) is 5.51. The lowest BCUT2D eigenvalue weighted by atomic mass is 9.72. The van der Waals surface area contributed by atoms with Crippen LogP contribution in [0.3, 0.4) is 0 Å². The molecule has 4 heterocycles. The summed E-state index contributed by atoms with van der Waals surface area (Å²) in [6, 6.07) is 8.77. The van der Waals surface area contributed by atoms with Crippen LogP contribution in [-0.2, 0) is 22.3 Å². The summed E-state index contributed by atoms with van der Waals surface area (Å²) in [5, 5.41) is 1.41. The minimum absolute atomic E-state index is 0.231. The molecule has 25 heavy (non-hydrogen) atoms. The molecule has 0 amide bonds. The van der Waals surface area contributed by atoms with Crippen molar-refractivity contribution in [3.8, 4) is 0 Å². The molecular weight excluding hydrogens is 312 g/mol. The first-order chi connectivity index (χ1) is 12.3. The number of hydrogen-bond donors (Lipinski definition) is 1. The van der Waals surface area contributed by atoms with Crippen molar-refractivity contribution >= 4 is 10.9 Å². The van der Waals surface area contributed by atoms with Crippen LogP contribution >= 0.6 is 0 Å². The highest BCUT2D eigenvalue weighted by molar-refractivity contribution is 5.84. The van der Waals surface area contributed by atoms with Crippen LogP contribution in [0.2, 0.25) is 0 Å². The smallest absolute Gasteiger partial charge is 0.0968 e. The number of rotatable bonds is 2. The average molecular weight is 340 g/mol. The molecule has 1 aromatic carbocycles. The monoisotopic (exact) mass is 340 g/mol. The van der Waals surface area contributed by atoms with Gasteiger partial charge in [0.25, 0.3) is 0 Å². The van der Waals surface area contributed by atoms with Crippen LogP contribution in [0.5, 0.6) is 0 Å². The van der Waals surface area contributed by atoms with Gasteiger partial charge in [-0.05, 0) is 44.2 Å². The number of para-hydroxylation sites is 1. The first kappa shape index (κ1) is 15.9. The Labute approximate surface area is 149 Å². The molecule has 3 aliphatic rings. The summed E-state index contributed by atoms with van der Waals surface area (Å²) in [6.45, 7) is 7.07. The van der Waals surface area contributed by atoms with E-state index in [4.69, 9.17) is 9.47 Å². The third-order valence-corrected chi connectivity index (χ3v) is 6.65. The molecule has 2 aromatic rings. The maximum Gasteiger partial charge on any atom is 0.0968 e. The Morgan fingerprint density at radius 1 is 1.28 bits per heavy atom. The van der Waals surface area contributed by atoms with E-state index in [9.17, 15) is 0 Å². The summed E-state index contributed by atoms with van der Waals surface area (Å²) in [7, 11) is 0. The average Bonchev–Trinajstić information content (AvgIpc) is 3.20. The van der Waals surface area contributed by atoms with Crippen LogP contribution < -0.4 is 0 Å². The van der Waals surface area contributed by atoms with Crippen molar-refractivity contribution in [3.05, 3.63) is 35.5 Å². The SMILES string of the molecule is CCO[C@H]1CN2CCc3c([nH]c4ccccc34)CC[C@]3(CCO[C@H]13)C2. The summed E-state index contributed by atoms with van der Waals surface area (Å²) in [5.41, 5.74) is 4.53. The zero-order valence-electron chi connectivity index (χ0n) is 15.1. The number of piperidine rings is 1. The molecule has 1 unspecified atom stereocenters. The molecule has 0 aliphatic carbocycles. The van der Waals surface area contributed by atoms with E-state index < -0.39 is 0 Å². The Balaban J connectivity index is 1.52. The molecule has 1 spiro atoms. The second-order valence-electron chi connectivity index (χ2n) is 8.01. The predicted octanol–water partition coefficient (Wildman–Crippen LogP) is 3.15. The van der Waals surface area contributed by atoms with E-state index in [0.717, 1.165) is 39.1 Å². The van der Waals surface area contributed by atoms with E-state index in [-0.39, 0.29) is 17.6 Å². The van der Waals surface area contributed by atoms with Crippen molar-refractivity contribution in [2.75, 3.05) is 32.8 Å². The lowest BCUT2D eigenvalue weighted by Gasteiger charge is -2.47. The van der Waals surface area contributed by atoms with Crippen molar-refractivity contribution < 1.29 is 9.47 Å². The predicted molar refractivity (Wildman–Crippen MR) is 99.0 cm³/mol. The Morgan fingerprint density at radius 2 is 2.20 bits per heavy atom. The van der Waals surface area contributed by atoms with Crippen LogP contribution in [0.4, 0.5) is 0 Å². The Morgan fingerprint density at radius 3 is 3.12 bits per heavy atom. The van der Waals surface area contributed by atoms with Crippen LogP contribution in [0.15, 0.2) is 24.3 Å². The van der Waals surface area contributed by atoms with Gasteiger partial charge in [0.1, 0.15) is 0 Å². The van der Waals surface area contributed by atoms with Gasteiger partial charge >= 0.3 is 0 Å². The minimum atomic E-state index is 0.231. The third kappa shape index (κ3) is 2.54. The van der Waals surface area contributed by atoms with E-state index in [0.29, 0.717) is 0 Å². The highest BCUT2D eigenvalue weighted by Gasteiger charge is 2.52. The second-order valence-corrected chi connectivity index (χ2v) is 8.01. The number of aromatic nitrogens is 1. The largest absolute Gasteiger partial charge is 0.375 e. The van der Waals surface area contributed by atoms with E-state index in [1.54, 1.807) is 0 Å². The Kier molecular flexibility index (Phi) is 3.88. The molecule has 134 valence electrons. The van der Waals surface area contributed by atoms with E-state index in [1.807, 2.05) is 0 Å². The maximum absolute atomic E-state index is 6.22. The van der Waals surface area contributed by atoms with Crippen LogP contribution in [-0.4, -0.2) is 54.9 Å². The van der Waals surface area contributed by atoms with Gasteiger partial charge in [0.2, 0.25) is 0 Å². The fourth-order valence-electron chi connectivity index (χ4n) is 5.51. The highest BCUT2D eigenvalue weighted by Crippen LogP contribution is 2.46. The summed E-state index contributed by atoms with van der Waals surface area (Å²) >= 11 is 0. The summed E-state index contributed by atoms with van der Waals surface area (Å²) < 4.78 is 12.3.